The average molecular weight is 292 g/mol. The second-order valence-corrected chi connectivity index (χ2v) is 6.60. The maximum Gasteiger partial charge on any atom is 0.321 e. The van der Waals surface area contributed by atoms with Gasteiger partial charge in [0.25, 0.3) is 0 Å². The molecule has 0 aromatic carbocycles. The standard InChI is InChI=1S/C10H16N2O6S/c13-8(2-1-3-9(14)15)12-10(16)11-7-4-5-19(17,18)6-7/h7H,1-6H2,(H,14,15)(H2,11,12,13,16). The summed E-state index contributed by atoms with van der Waals surface area (Å²) < 4.78 is 22.3. The molecule has 9 heteroatoms. The van der Waals surface area contributed by atoms with E-state index in [0.717, 1.165) is 0 Å². The first kappa shape index (κ1) is 15.4. The van der Waals surface area contributed by atoms with Crippen molar-refractivity contribution in [3.63, 3.8) is 0 Å². The zero-order chi connectivity index (χ0) is 14.5. The summed E-state index contributed by atoms with van der Waals surface area (Å²) in [5, 5.41) is 12.8. The van der Waals surface area contributed by atoms with E-state index in [1.807, 2.05) is 5.32 Å². The van der Waals surface area contributed by atoms with E-state index >= 15 is 0 Å². The lowest BCUT2D eigenvalue weighted by atomic mass is 10.2. The molecule has 1 unspecified atom stereocenters. The fraction of sp³-hybridized carbons (Fsp3) is 0.700. The molecule has 1 heterocycles. The van der Waals surface area contributed by atoms with Crippen LogP contribution in [-0.4, -0.2) is 49.0 Å². The summed E-state index contributed by atoms with van der Waals surface area (Å²) in [5.74, 6) is -1.67. The number of sulfone groups is 1. The van der Waals surface area contributed by atoms with E-state index in [1.54, 1.807) is 0 Å². The molecule has 1 aliphatic heterocycles. The van der Waals surface area contributed by atoms with Crippen LogP contribution < -0.4 is 10.6 Å². The van der Waals surface area contributed by atoms with Crippen LogP contribution in [0.4, 0.5) is 4.79 Å². The van der Waals surface area contributed by atoms with Crippen LogP contribution in [0.1, 0.15) is 25.7 Å². The van der Waals surface area contributed by atoms with Crippen LogP contribution in [0.5, 0.6) is 0 Å². The number of hydrogen-bond acceptors (Lipinski definition) is 5. The van der Waals surface area contributed by atoms with Gasteiger partial charge in [0.1, 0.15) is 0 Å². The monoisotopic (exact) mass is 292 g/mol. The van der Waals surface area contributed by atoms with Crippen molar-refractivity contribution in [2.24, 2.45) is 0 Å². The molecular weight excluding hydrogens is 276 g/mol. The van der Waals surface area contributed by atoms with Gasteiger partial charge in [-0.3, -0.25) is 14.9 Å². The third-order valence-electron chi connectivity index (χ3n) is 2.62. The second-order valence-electron chi connectivity index (χ2n) is 4.37. The van der Waals surface area contributed by atoms with E-state index < -0.39 is 33.8 Å². The van der Waals surface area contributed by atoms with Gasteiger partial charge in [-0.15, -0.1) is 0 Å². The number of carboxylic acid groups (broad SMARTS) is 1. The predicted molar refractivity (Wildman–Crippen MR) is 65.2 cm³/mol. The molecular formula is C10H16N2O6S. The molecule has 1 fully saturated rings. The van der Waals surface area contributed by atoms with E-state index in [0.29, 0.717) is 6.42 Å². The minimum absolute atomic E-state index is 0.0322. The molecule has 1 atom stereocenters. The molecule has 0 aromatic rings. The topological polar surface area (TPSA) is 130 Å². The van der Waals surface area contributed by atoms with E-state index in [2.05, 4.69) is 5.32 Å². The molecule has 0 aliphatic carbocycles. The molecule has 3 amide bonds. The maximum atomic E-state index is 11.4. The van der Waals surface area contributed by atoms with Crippen LogP contribution in [0.15, 0.2) is 0 Å². The molecule has 1 rings (SSSR count). The number of nitrogens with one attached hydrogen (secondary N) is 2. The summed E-state index contributed by atoms with van der Waals surface area (Å²) in [6.45, 7) is 0. The Morgan fingerprint density at radius 1 is 1.21 bits per heavy atom. The van der Waals surface area contributed by atoms with Gasteiger partial charge in [0.2, 0.25) is 5.91 Å². The molecule has 1 saturated heterocycles. The molecule has 108 valence electrons. The van der Waals surface area contributed by atoms with E-state index in [9.17, 15) is 22.8 Å². The predicted octanol–water partition coefficient (Wildman–Crippen LogP) is -0.746. The average Bonchev–Trinajstić information content (AvgIpc) is 2.56. The number of carboxylic acids is 1. The van der Waals surface area contributed by atoms with Gasteiger partial charge in [-0.25, -0.2) is 13.2 Å². The van der Waals surface area contributed by atoms with Crippen LogP contribution >= 0.6 is 0 Å². The van der Waals surface area contributed by atoms with Crippen molar-refractivity contribution in [3.8, 4) is 0 Å². The van der Waals surface area contributed by atoms with Crippen molar-refractivity contribution < 1.29 is 27.9 Å². The van der Waals surface area contributed by atoms with E-state index in [-0.39, 0.29) is 30.8 Å². The molecule has 8 nitrogen and oxygen atoms in total. The number of urea groups is 1. The second kappa shape index (κ2) is 6.50. The Morgan fingerprint density at radius 3 is 2.42 bits per heavy atom. The molecule has 19 heavy (non-hydrogen) atoms. The van der Waals surface area contributed by atoms with Gasteiger partial charge in [0.05, 0.1) is 11.5 Å². The number of imide groups is 1. The maximum absolute atomic E-state index is 11.4. The van der Waals surface area contributed by atoms with Gasteiger partial charge in [0, 0.05) is 18.9 Å². The van der Waals surface area contributed by atoms with Crippen molar-refractivity contribution in [2.75, 3.05) is 11.5 Å². The Labute approximate surface area is 110 Å². The van der Waals surface area contributed by atoms with Crippen molar-refractivity contribution in [1.29, 1.82) is 0 Å². The fourth-order valence-corrected chi connectivity index (χ4v) is 3.39. The molecule has 0 radical (unpaired) electrons. The van der Waals surface area contributed by atoms with Crippen LogP contribution in [0.2, 0.25) is 0 Å². The Morgan fingerprint density at radius 2 is 1.89 bits per heavy atom. The van der Waals surface area contributed by atoms with Gasteiger partial charge in [-0.2, -0.15) is 0 Å². The third-order valence-corrected chi connectivity index (χ3v) is 4.38. The zero-order valence-electron chi connectivity index (χ0n) is 10.2. The van der Waals surface area contributed by atoms with Crippen LogP contribution in [0.25, 0.3) is 0 Å². The minimum Gasteiger partial charge on any atom is -0.481 e. The lowest BCUT2D eigenvalue weighted by Gasteiger charge is -2.11. The summed E-state index contributed by atoms with van der Waals surface area (Å²) in [6.07, 6.45) is 0.272. The van der Waals surface area contributed by atoms with Gasteiger partial charge in [0.15, 0.2) is 9.84 Å². The van der Waals surface area contributed by atoms with Crippen LogP contribution in [-0.2, 0) is 19.4 Å². The normalized spacial score (nSPS) is 20.7. The number of carbonyl (C=O) groups is 3. The summed E-state index contributed by atoms with van der Waals surface area (Å²) in [6, 6.07) is -1.22. The van der Waals surface area contributed by atoms with Crippen molar-refractivity contribution in [2.45, 2.75) is 31.7 Å². The Kier molecular flexibility index (Phi) is 5.28. The number of hydrogen-bond donors (Lipinski definition) is 3. The van der Waals surface area contributed by atoms with Crippen molar-refractivity contribution in [1.82, 2.24) is 10.6 Å². The highest BCUT2D eigenvalue weighted by Crippen LogP contribution is 2.10. The quantitative estimate of drug-likeness (QED) is 0.611. The highest BCUT2D eigenvalue weighted by atomic mass is 32.2. The van der Waals surface area contributed by atoms with Crippen molar-refractivity contribution in [3.05, 3.63) is 0 Å². The summed E-state index contributed by atoms with van der Waals surface area (Å²) in [4.78, 5) is 32.8. The van der Waals surface area contributed by atoms with Crippen molar-refractivity contribution >= 4 is 27.7 Å². The first-order valence-electron chi connectivity index (χ1n) is 5.81. The van der Waals surface area contributed by atoms with Crippen LogP contribution in [0, 0.1) is 0 Å². The molecule has 0 saturated carbocycles. The molecule has 1 aliphatic rings. The SMILES string of the molecule is O=C(O)CCCC(=O)NC(=O)NC1CCS(=O)(=O)C1. The summed E-state index contributed by atoms with van der Waals surface area (Å²) in [5.41, 5.74) is 0. The smallest absolute Gasteiger partial charge is 0.321 e. The van der Waals surface area contributed by atoms with Crippen LogP contribution in [0.3, 0.4) is 0 Å². The first-order valence-corrected chi connectivity index (χ1v) is 7.63. The number of carbonyl (C=O) groups excluding carboxylic acids is 2. The van der Waals surface area contributed by atoms with Gasteiger partial charge in [-0.1, -0.05) is 0 Å². The lowest BCUT2D eigenvalue weighted by molar-refractivity contribution is -0.137. The minimum atomic E-state index is -3.09. The first-order chi connectivity index (χ1) is 8.78. The Bertz CT molecular complexity index is 472. The molecule has 0 aromatic heterocycles. The third kappa shape index (κ3) is 6.18. The Balaban J connectivity index is 2.24. The van der Waals surface area contributed by atoms with Gasteiger partial charge < -0.3 is 10.4 Å². The highest BCUT2D eigenvalue weighted by Gasteiger charge is 2.29. The number of amides is 3. The lowest BCUT2D eigenvalue weighted by Crippen LogP contribution is -2.44. The molecule has 0 spiro atoms. The summed E-state index contributed by atoms with van der Waals surface area (Å²) >= 11 is 0. The molecule has 0 bridgehead atoms. The zero-order valence-corrected chi connectivity index (χ0v) is 11.0. The number of aliphatic carboxylic acids is 1. The largest absolute Gasteiger partial charge is 0.481 e. The fourth-order valence-electron chi connectivity index (χ4n) is 1.72. The van der Waals surface area contributed by atoms with E-state index in [1.165, 1.54) is 0 Å². The summed E-state index contributed by atoms with van der Waals surface area (Å²) in [7, 11) is -3.09. The van der Waals surface area contributed by atoms with Gasteiger partial charge in [-0.05, 0) is 12.8 Å². The van der Waals surface area contributed by atoms with E-state index in [4.69, 9.17) is 5.11 Å². The van der Waals surface area contributed by atoms with Gasteiger partial charge >= 0.3 is 12.0 Å². The molecule has 3 N–H and O–H groups in total. The number of rotatable bonds is 5. The Hall–Kier alpha value is -1.64. The highest BCUT2D eigenvalue weighted by molar-refractivity contribution is 7.91.